The van der Waals surface area contributed by atoms with Gasteiger partial charge < -0.3 is 14.0 Å². The van der Waals surface area contributed by atoms with Crippen LogP contribution in [0.3, 0.4) is 0 Å². The van der Waals surface area contributed by atoms with E-state index in [0.717, 1.165) is 44.8 Å². The topological polar surface area (TPSA) is 86.8 Å². The van der Waals surface area contributed by atoms with E-state index in [1.165, 1.54) is 0 Å². The monoisotopic (exact) mass is 434 g/mol. The first-order valence-corrected chi connectivity index (χ1v) is 10.8. The lowest BCUT2D eigenvalue weighted by Gasteiger charge is -2.26. The van der Waals surface area contributed by atoms with Crippen molar-refractivity contribution in [3.8, 4) is 17.0 Å². The number of morpholine rings is 1. The summed E-state index contributed by atoms with van der Waals surface area (Å²) in [5.41, 5.74) is 2.04. The third-order valence-electron chi connectivity index (χ3n) is 5.83. The van der Waals surface area contributed by atoms with Gasteiger partial charge in [0.1, 0.15) is 11.6 Å². The molecule has 0 spiro atoms. The van der Waals surface area contributed by atoms with Crippen LogP contribution < -0.4 is 10.3 Å². The molecule has 0 atom stereocenters. The third-order valence-corrected chi connectivity index (χ3v) is 5.83. The number of fused-ring (bicyclic) bond motifs is 2. The van der Waals surface area contributed by atoms with Crippen LogP contribution in [0.5, 0.6) is 5.75 Å². The van der Waals surface area contributed by atoms with Crippen molar-refractivity contribution in [2.45, 2.75) is 19.9 Å². The molecule has 0 radical (unpaired) electrons. The molecule has 166 valence electrons. The molecule has 1 fully saturated rings. The van der Waals surface area contributed by atoms with Crippen LogP contribution in [0, 0.1) is 6.92 Å². The van der Waals surface area contributed by atoms with Gasteiger partial charge in [0.2, 0.25) is 0 Å². The number of ether oxygens (including phenoxy) is 2. The normalized spacial score (nSPS) is 14.9. The van der Waals surface area contributed by atoms with E-state index in [-0.39, 0.29) is 5.56 Å². The second-order valence-corrected chi connectivity index (χ2v) is 7.95. The summed E-state index contributed by atoms with van der Waals surface area (Å²) < 4.78 is 14.3. The molecule has 32 heavy (non-hydrogen) atoms. The molecule has 4 aromatic rings. The van der Waals surface area contributed by atoms with E-state index < -0.39 is 0 Å². The number of hydrogen-bond donors (Lipinski definition) is 0. The molecule has 0 aliphatic carbocycles. The molecule has 1 aromatic carbocycles. The predicted octanol–water partition coefficient (Wildman–Crippen LogP) is 2.15. The molecule has 5 rings (SSSR count). The summed E-state index contributed by atoms with van der Waals surface area (Å²) in [6, 6.07) is 9.52. The van der Waals surface area contributed by atoms with Crippen molar-refractivity contribution in [2.24, 2.45) is 0 Å². The zero-order chi connectivity index (χ0) is 22.1. The molecule has 0 saturated carbocycles. The molecule has 1 aliphatic rings. The van der Waals surface area contributed by atoms with Gasteiger partial charge in [-0.1, -0.05) is 12.1 Å². The molecule has 9 heteroatoms. The molecule has 4 heterocycles. The van der Waals surface area contributed by atoms with Crippen LogP contribution in [-0.4, -0.2) is 69.0 Å². The van der Waals surface area contributed by atoms with Crippen LogP contribution in [0.15, 0.2) is 41.3 Å². The van der Waals surface area contributed by atoms with E-state index >= 15 is 0 Å². The minimum Gasteiger partial charge on any atom is -0.497 e. The standard InChI is InChI=1S/C23H26N6O3/c1-16-24-23-25-19-7-10-28(9-4-8-27-11-13-32-14-12-27)22(30)20(19)21(29(23)26-16)17-5-3-6-18(15-17)31-2/h3,5-7,10,15H,4,8-9,11-14H2,1-2H3. The first-order chi connectivity index (χ1) is 15.6. The van der Waals surface area contributed by atoms with Crippen LogP contribution in [-0.2, 0) is 11.3 Å². The van der Waals surface area contributed by atoms with Crippen molar-refractivity contribution in [1.82, 2.24) is 29.0 Å². The van der Waals surface area contributed by atoms with Crippen molar-refractivity contribution >= 4 is 16.7 Å². The maximum absolute atomic E-state index is 13.6. The molecule has 9 nitrogen and oxygen atoms in total. The van der Waals surface area contributed by atoms with Crippen molar-refractivity contribution in [3.63, 3.8) is 0 Å². The lowest BCUT2D eigenvalue weighted by Crippen LogP contribution is -2.37. The molecule has 0 N–H and O–H groups in total. The third kappa shape index (κ3) is 3.85. The fraction of sp³-hybridized carbons (Fsp3) is 0.391. The van der Waals surface area contributed by atoms with Gasteiger partial charge in [0.05, 0.1) is 36.9 Å². The van der Waals surface area contributed by atoms with Gasteiger partial charge in [-0.05, 0) is 31.5 Å². The summed E-state index contributed by atoms with van der Waals surface area (Å²) in [6.07, 6.45) is 2.71. The molecule has 1 saturated heterocycles. The Kier molecular flexibility index (Phi) is 5.59. The molecule has 3 aromatic heterocycles. The molecule has 0 bridgehead atoms. The number of aryl methyl sites for hydroxylation is 2. The van der Waals surface area contributed by atoms with Gasteiger partial charge in [-0.15, -0.1) is 5.10 Å². The molecular formula is C23H26N6O3. The highest BCUT2D eigenvalue weighted by Gasteiger charge is 2.18. The Labute approximate surface area is 185 Å². The average Bonchev–Trinajstić information content (AvgIpc) is 3.19. The van der Waals surface area contributed by atoms with E-state index in [1.807, 2.05) is 43.5 Å². The van der Waals surface area contributed by atoms with Crippen molar-refractivity contribution in [2.75, 3.05) is 40.0 Å². The minimum absolute atomic E-state index is 0.0788. The highest BCUT2D eigenvalue weighted by molar-refractivity contribution is 5.93. The van der Waals surface area contributed by atoms with Gasteiger partial charge in [0.15, 0.2) is 0 Å². The fourth-order valence-electron chi connectivity index (χ4n) is 4.22. The predicted molar refractivity (Wildman–Crippen MR) is 121 cm³/mol. The van der Waals surface area contributed by atoms with Crippen LogP contribution in [0.2, 0.25) is 0 Å². The van der Waals surface area contributed by atoms with Crippen LogP contribution in [0.1, 0.15) is 12.2 Å². The maximum Gasteiger partial charge on any atom is 0.262 e. The number of benzene rings is 1. The van der Waals surface area contributed by atoms with Gasteiger partial charge in [0.25, 0.3) is 11.3 Å². The Morgan fingerprint density at radius 3 is 2.78 bits per heavy atom. The van der Waals surface area contributed by atoms with E-state index in [4.69, 9.17) is 9.47 Å². The highest BCUT2D eigenvalue weighted by Crippen LogP contribution is 2.28. The second-order valence-electron chi connectivity index (χ2n) is 7.95. The Hall–Kier alpha value is -3.30. The van der Waals surface area contributed by atoms with E-state index in [1.54, 1.807) is 16.2 Å². The lowest BCUT2D eigenvalue weighted by molar-refractivity contribution is 0.0369. The zero-order valence-corrected chi connectivity index (χ0v) is 18.3. The van der Waals surface area contributed by atoms with E-state index in [9.17, 15) is 4.79 Å². The number of methoxy groups -OCH3 is 1. The van der Waals surface area contributed by atoms with E-state index in [0.29, 0.717) is 40.5 Å². The Bertz CT molecular complexity index is 1320. The number of rotatable bonds is 6. The van der Waals surface area contributed by atoms with Gasteiger partial charge in [-0.3, -0.25) is 9.69 Å². The van der Waals surface area contributed by atoms with Crippen molar-refractivity contribution in [3.05, 3.63) is 52.7 Å². The van der Waals surface area contributed by atoms with Crippen molar-refractivity contribution < 1.29 is 9.47 Å². The second kappa shape index (κ2) is 8.68. The summed E-state index contributed by atoms with van der Waals surface area (Å²) in [5.74, 6) is 1.78. The first kappa shape index (κ1) is 20.6. The number of pyridine rings is 1. The summed E-state index contributed by atoms with van der Waals surface area (Å²) in [7, 11) is 1.63. The average molecular weight is 435 g/mol. The fourth-order valence-corrected chi connectivity index (χ4v) is 4.22. The van der Waals surface area contributed by atoms with Crippen LogP contribution in [0.4, 0.5) is 0 Å². The van der Waals surface area contributed by atoms with Gasteiger partial charge >= 0.3 is 0 Å². The maximum atomic E-state index is 13.6. The van der Waals surface area contributed by atoms with Crippen LogP contribution >= 0.6 is 0 Å². The van der Waals surface area contributed by atoms with Crippen LogP contribution in [0.25, 0.3) is 27.9 Å². The number of nitrogens with zero attached hydrogens (tertiary/aromatic N) is 6. The minimum atomic E-state index is -0.0788. The summed E-state index contributed by atoms with van der Waals surface area (Å²) in [4.78, 5) is 25.0. The lowest BCUT2D eigenvalue weighted by atomic mass is 10.1. The number of aromatic nitrogens is 5. The van der Waals surface area contributed by atoms with Gasteiger partial charge in [0, 0.05) is 37.9 Å². The van der Waals surface area contributed by atoms with Gasteiger partial charge in [-0.25, -0.2) is 4.98 Å². The SMILES string of the molecule is COc1cccc(-c2c3c(=O)n(CCCN4CCOCC4)ccc3nc3nc(C)nn23)c1. The highest BCUT2D eigenvalue weighted by atomic mass is 16.5. The molecule has 1 aliphatic heterocycles. The van der Waals surface area contributed by atoms with Gasteiger partial charge in [-0.2, -0.15) is 9.50 Å². The smallest absolute Gasteiger partial charge is 0.262 e. The Balaban J connectivity index is 1.59. The Morgan fingerprint density at radius 2 is 1.97 bits per heavy atom. The summed E-state index contributed by atoms with van der Waals surface area (Å²) in [5, 5.41) is 5.06. The largest absolute Gasteiger partial charge is 0.497 e. The summed E-state index contributed by atoms with van der Waals surface area (Å²) in [6.45, 7) is 6.84. The molecule has 0 amide bonds. The first-order valence-electron chi connectivity index (χ1n) is 10.8. The zero-order valence-electron chi connectivity index (χ0n) is 18.3. The van der Waals surface area contributed by atoms with E-state index in [2.05, 4.69) is 20.0 Å². The van der Waals surface area contributed by atoms with Crippen molar-refractivity contribution in [1.29, 1.82) is 0 Å². The summed E-state index contributed by atoms with van der Waals surface area (Å²) >= 11 is 0. The Morgan fingerprint density at radius 1 is 1.12 bits per heavy atom. The molecule has 0 unspecified atom stereocenters. The number of hydrogen-bond acceptors (Lipinski definition) is 7. The quantitative estimate of drug-likeness (QED) is 0.460. The molecular weight excluding hydrogens is 408 g/mol.